The molecule has 2 atom stereocenters. The Labute approximate surface area is 124 Å². The number of hydrogen-bond acceptors (Lipinski definition) is 4. The predicted molar refractivity (Wildman–Crippen MR) is 80.4 cm³/mol. The topological polar surface area (TPSA) is 84.5 Å². The first-order valence-corrected chi connectivity index (χ1v) is 8.70. The van der Waals surface area contributed by atoms with Gasteiger partial charge < -0.3 is 10.1 Å². The highest BCUT2D eigenvalue weighted by molar-refractivity contribution is 7.92. The molecule has 1 heterocycles. The van der Waals surface area contributed by atoms with Gasteiger partial charge in [-0.25, -0.2) is 8.42 Å². The normalized spacial score (nSPS) is 20.0. The molecule has 1 saturated heterocycles. The molecule has 0 spiro atoms. The molecule has 0 bridgehead atoms. The van der Waals surface area contributed by atoms with Crippen LogP contribution in [-0.2, 0) is 19.6 Å². The molecule has 0 saturated carbocycles. The van der Waals surface area contributed by atoms with E-state index >= 15 is 0 Å². The number of benzene rings is 1. The first-order valence-electron chi connectivity index (χ1n) is 6.81. The van der Waals surface area contributed by atoms with E-state index in [1.165, 1.54) is 0 Å². The number of anilines is 1. The number of rotatable bonds is 5. The first-order chi connectivity index (χ1) is 9.85. The van der Waals surface area contributed by atoms with Crippen molar-refractivity contribution in [1.82, 2.24) is 5.32 Å². The minimum atomic E-state index is -3.31. The lowest BCUT2D eigenvalue weighted by molar-refractivity contribution is -0.125. The molecular weight excluding hydrogens is 292 g/mol. The zero-order valence-electron chi connectivity index (χ0n) is 12.1. The fraction of sp³-hybridized carbons (Fsp3) is 0.500. The number of nitrogens with one attached hydrogen (secondary N) is 2. The summed E-state index contributed by atoms with van der Waals surface area (Å²) in [5.41, 5.74) is 1.33. The van der Waals surface area contributed by atoms with Crippen LogP contribution in [0, 0.1) is 5.92 Å². The van der Waals surface area contributed by atoms with Crippen molar-refractivity contribution >= 4 is 21.6 Å². The molecule has 2 unspecified atom stereocenters. The van der Waals surface area contributed by atoms with E-state index in [1.807, 2.05) is 13.0 Å². The Balaban J connectivity index is 2.03. The molecule has 0 aliphatic carbocycles. The molecule has 2 N–H and O–H groups in total. The predicted octanol–water partition coefficient (Wildman–Crippen LogP) is 1.27. The molecule has 7 heteroatoms. The Hall–Kier alpha value is -1.60. The van der Waals surface area contributed by atoms with Gasteiger partial charge in [0.05, 0.1) is 24.8 Å². The van der Waals surface area contributed by atoms with Gasteiger partial charge >= 0.3 is 0 Å². The maximum atomic E-state index is 12.0. The molecule has 1 fully saturated rings. The van der Waals surface area contributed by atoms with Crippen molar-refractivity contribution in [3.8, 4) is 0 Å². The Morgan fingerprint density at radius 1 is 1.43 bits per heavy atom. The summed E-state index contributed by atoms with van der Waals surface area (Å²) in [7, 11) is -3.31. The Kier molecular flexibility index (Phi) is 4.84. The molecule has 21 heavy (non-hydrogen) atoms. The molecule has 1 amide bonds. The summed E-state index contributed by atoms with van der Waals surface area (Å²) in [4.78, 5) is 12.0. The summed E-state index contributed by atoms with van der Waals surface area (Å²) in [5.74, 6) is -0.119. The average Bonchev–Trinajstić information content (AvgIpc) is 2.90. The van der Waals surface area contributed by atoms with Crippen LogP contribution in [0.3, 0.4) is 0 Å². The van der Waals surface area contributed by atoms with Crippen LogP contribution in [0.1, 0.15) is 24.9 Å². The van der Waals surface area contributed by atoms with E-state index in [2.05, 4.69) is 10.0 Å². The molecular formula is C14H20N2O4S. The summed E-state index contributed by atoms with van der Waals surface area (Å²) in [6.45, 7) is 2.96. The van der Waals surface area contributed by atoms with Crippen LogP contribution in [0.5, 0.6) is 0 Å². The lowest BCUT2D eigenvalue weighted by Crippen LogP contribution is -2.33. The zero-order valence-corrected chi connectivity index (χ0v) is 12.9. The maximum Gasteiger partial charge on any atom is 0.229 e. The third-order valence-corrected chi connectivity index (χ3v) is 3.96. The number of amides is 1. The van der Waals surface area contributed by atoms with E-state index in [-0.39, 0.29) is 17.9 Å². The number of carbonyl (C=O) groups excluding carboxylic acids is 1. The lowest BCUT2D eigenvalue weighted by atomic mass is 10.0. The number of carbonyl (C=O) groups is 1. The lowest BCUT2D eigenvalue weighted by Gasteiger charge is -2.17. The van der Waals surface area contributed by atoms with E-state index in [0.717, 1.165) is 18.2 Å². The van der Waals surface area contributed by atoms with Crippen molar-refractivity contribution in [2.75, 3.05) is 24.2 Å². The Morgan fingerprint density at radius 3 is 2.81 bits per heavy atom. The van der Waals surface area contributed by atoms with Crippen LogP contribution in [-0.4, -0.2) is 33.8 Å². The summed E-state index contributed by atoms with van der Waals surface area (Å²) in [6, 6.07) is 6.80. The van der Waals surface area contributed by atoms with Gasteiger partial charge in [-0.15, -0.1) is 0 Å². The highest BCUT2D eigenvalue weighted by Crippen LogP contribution is 2.20. The third-order valence-electron chi connectivity index (χ3n) is 3.35. The van der Waals surface area contributed by atoms with Gasteiger partial charge in [0, 0.05) is 12.3 Å². The minimum Gasteiger partial charge on any atom is -0.381 e. The molecule has 116 valence electrons. The van der Waals surface area contributed by atoms with Gasteiger partial charge in [0.25, 0.3) is 0 Å². The summed E-state index contributed by atoms with van der Waals surface area (Å²) >= 11 is 0. The first kappa shape index (κ1) is 15.8. The Bertz CT molecular complexity index is 609. The van der Waals surface area contributed by atoms with E-state index in [0.29, 0.717) is 18.9 Å². The average molecular weight is 312 g/mol. The molecule has 2 rings (SSSR count). The Morgan fingerprint density at radius 2 is 2.19 bits per heavy atom. The second-order valence-corrected chi connectivity index (χ2v) is 7.04. The number of ether oxygens (including phenoxy) is 1. The highest BCUT2D eigenvalue weighted by Gasteiger charge is 2.24. The van der Waals surface area contributed by atoms with Crippen LogP contribution in [0.2, 0.25) is 0 Å². The fourth-order valence-corrected chi connectivity index (χ4v) is 2.80. The molecule has 1 aromatic rings. The van der Waals surface area contributed by atoms with Gasteiger partial charge in [0.15, 0.2) is 0 Å². The molecule has 0 aromatic heterocycles. The number of hydrogen-bond donors (Lipinski definition) is 2. The number of sulfonamides is 1. The van der Waals surface area contributed by atoms with Gasteiger partial charge in [0.1, 0.15) is 0 Å². The largest absolute Gasteiger partial charge is 0.381 e. The van der Waals surface area contributed by atoms with Crippen LogP contribution in [0.25, 0.3) is 0 Å². The smallest absolute Gasteiger partial charge is 0.229 e. The van der Waals surface area contributed by atoms with Crippen molar-refractivity contribution in [2.24, 2.45) is 5.92 Å². The highest BCUT2D eigenvalue weighted by atomic mass is 32.2. The van der Waals surface area contributed by atoms with E-state index in [1.54, 1.807) is 18.2 Å². The molecule has 6 nitrogen and oxygen atoms in total. The summed E-state index contributed by atoms with van der Waals surface area (Å²) < 4.78 is 30.1. The molecule has 0 radical (unpaired) electrons. The van der Waals surface area contributed by atoms with Crippen molar-refractivity contribution < 1.29 is 17.9 Å². The minimum absolute atomic E-state index is 0.0264. The molecule has 1 aromatic carbocycles. The fourth-order valence-electron chi connectivity index (χ4n) is 2.24. The molecule has 1 aliphatic heterocycles. The third kappa shape index (κ3) is 4.71. The van der Waals surface area contributed by atoms with Crippen LogP contribution >= 0.6 is 0 Å². The van der Waals surface area contributed by atoms with Gasteiger partial charge in [-0.05, 0) is 31.0 Å². The van der Waals surface area contributed by atoms with E-state index < -0.39 is 10.0 Å². The quantitative estimate of drug-likeness (QED) is 0.857. The van der Waals surface area contributed by atoms with Crippen molar-refractivity contribution in [1.29, 1.82) is 0 Å². The van der Waals surface area contributed by atoms with Crippen molar-refractivity contribution in [3.63, 3.8) is 0 Å². The van der Waals surface area contributed by atoms with E-state index in [9.17, 15) is 13.2 Å². The second-order valence-electron chi connectivity index (χ2n) is 5.29. The van der Waals surface area contributed by atoms with Gasteiger partial charge in [0.2, 0.25) is 15.9 Å². The molecule has 1 aliphatic rings. The monoisotopic (exact) mass is 312 g/mol. The second kappa shape index (κ2) is 6.44. The van der Waals surface area contributed by atoms with Crippen LogP contribution in [0.4, 0.5) is 5.69 Å². The van der Waals surface area contributed by atoms with Gasteiger partial charge in [-0.1, -0.05) is 12.1 Å². The van der Waals surface area contributed by atoms with Crippen LogP contribution in [0.15, 0.2) is 24.3 Å². The SMILES string of the molecule is CC(NC(=O)C1CCOC1)c1cccc(NS(C)(=O)=O)c1. The van der Waals surface area contributed by atoms with Gasteiger partial charge in [-0.3, -0.25) is 9.52 Å². The van der Waals surface area contributed by atoms with Crippen molar-refractivity contribution in [3.05, 3.63) is 29.8 Å². The maximum absolute atomic E-state index is 12.0. The summed E-state index contributed by atoms with van der Waals surface area (Å²) in [5, 5.41) is 2.93. The zero-order chi connectivity index (χ0) is 15.5. The van der Waals surface area contributed by atoms with Crippen molar-refractivity contribution in [2.45, 2.75) is 19.4 Å². The standard InChI is InChI=1S/C14H20N2O4S/c1-10(15-14(17)12-6-7-20-9-12)11-4-3-5-13(8-11)16-21(2,18)19/h3-5,8,10,12,16H,6-7,9H2,1-2H3,(H,15,17). The van der Waals surface area contributed by atoms with Gasteiger partial charge in [-0.2, -0.15) is 0 Å². The van der Waals surface area contributed by atoms with Crippen LogP contribution < -0.4 is 10.0 Å². The van der Waals surface area contributed by atoms with E-state index in [4.69, 9.17) is 4.74 Å². The summed E-state index contributed by atoms with van der Waals surface area (Å²) in [6.07, 6.45) is 1.85.